The molecule has 2 heterocycles. The lowest BCUT2D eigenvalue weighted by molar-refractivity contribution is 0.214. The van der Waals surface area contributed by atoms with E-state index in [9.17, 15) is 0 Å². The van der Waals surface area contributed by atoms with E-state index in [0.717, 1.165) is 20.7 Å². The van der Waals surface area contributed by atoms with Crippen molar-refractivity contribution in [1.82, 2.24) is 9.80 Å². The van der Waals surface area contributed by atoms with Gasteiger partial charge in [0.1, 0.15) is 0 Å². The summed E-state index contributed by atoms with van der Waals surface area (Å²) in [5.41, 5.74) is 5.99. The van der Waals surface area contributed by atoms with Crippen molar-refractivity contribution in [2.24, 2.45) is 11.7 Å². The third kappa shape index (κ3) is 4.02. The molecule has 19 heavy (non-hydrogen) atoms. The Hall–Kier alpha value is 0.540. The van der Waals surface area contributed by atoms with Crippen LogP contribution >= 0.6 is 43.2 Å². The van der Waals surface area contributed by atoms with Crippen molar-refractivity contribution in [2.75, 3.05) is 40.3 Å². The summed E-state index contributed by atoms with van der Waals surface area (Å²) in [6.45, 7) is 4.22. The van der Waals surface area contributed by atoms with Gasteiger partial charge in [0.15, 0.2) is 0 Å². The molecule has 0 radical (unpaired) electrons. The van der Waals surface area contributed by atoms with Crippen molar-refractivity contribution >= 4 is 43.2 Å². The third-order valence-electron chi connectivity index (χ3n) is 3.78. The second-order valence-corrected chi connectivity index (χ2v) is 8.63. The molecule has 1 fully saturated rings. The first-order chi connectivity index (χ1) is 9.01. The Balaban J connectivity index is 2.00. The number of nitrogens with two attached hydrogens (primary N) is 1. The first-order valence-electron chi connectivity index (χ1n) is 6.54. The van der Waals surface area contributed by atoms with Crippen LogP contribution in [0.4, 0.5) is 0 Å². The fourth-order valence-corrected chi connectivity index (χ4v) is 5.02. The zero-order valence-corrected chi connectivity index (χ0v) is 15.4. The van der Waals surface area contributed by atoms with E-state index in [4.69, 9.17) is 5.73 Å². The number of halogens is 2. The zero-order valence-electron chi connectivity index (χ0n) is 11.4. The monoisotopic (exact) mass is 409 g/mol. The minimum absolute atomic E-state index is 0.318. The standard InChI is InChI=1S/C13H21Br2N3S/c1-17-4-3-9(7-17)8-18(2)11(6-16)12-5-10(14)13(15)19-12/h5,9,11H,3-4,6-8,16H2,1-2H3. The largest absolute Gasteiger partial charge is 0.329 e. The molecule has 1 aliphatic rings. The van der Waals surface area contributed by atoms with Crippen molar-refractivity contribution in [3.8, 4) is 0 Å². The highest BCUT2D eigenvalue weighted by molar-refractivity contribution is 9.13. The van der Waals surface area contributed by atoms with Gasteiger partial charge in [-0.15, -0.1) is 11.3 Å². The summed E-state index contributed by atoms with van der Waals surface area (Å²) in [5, 5.41) is 0. The quantitative estimate of drug-likeness (QED) is 0.809. The molecule has 2 atom stereocenters. The maximum atomic E-state index is 5.99. The lowest BCUT2D eigenvalue weighted by atomic mass is 10.1. The molecule has 0 amide bonds. The number of hydrogen-bond acceptors (Lipinski definition) is 4. The number of hydrogen-bond donors (Lipinski definition) is 1. The molecule has 1 aromatic heterocycles. The van der Waals surface area contributed by atoms with Crippen molar-refractivity contribution in [3.05, 3.63) is 19.2 Å². The minimum Gasteiger partial charge on any atom is -0.329 e. The van der Waals surface area contributed by atoms with Gasteiger partial charge in [-0.05, 0) is 70.9 Å². The van der Waals surface area contributed by atoms with E-state index in [1.165, 1.54) is 24.4 Å². The van der Waals surface area contributed by atoms with Gasteiger partial charge >= 0.3 is 0 Å². The molecule has 0 aliphatic carbocycles. The zero-order chi connectivity index (χ0) is 14.0. The average molecular weight is 411 g/mol. The first-order valence-corrected chi connectivity index (χ1v) is 8.95. The predicted molar refractivity (Wildman–Crippen MR) is 89.7 cm³/mol. The molecule has 2 rings (SSSR count). The van der Waals surface area contributed by atoms with Gasteiger partial charge in [0.2, 0.25) is 0 Å². The lowest BCUT2D eigenvalue weighted by Crippen LogP contribution is -2.34. The van der Waals surface area contributed by atoms with Crippen LogP contribution in [0.15, 0.2) is 14.3 Å². The van der Waals surface area contributed by atoms with Gasteiger partial charge in [0.05, 0.1) is 9.83 Å². The summed E-state index contributed by atoms with van der Waals surface area (Å²) >= 11 is 8.89. The van der Waals surface area contributed by atoms with Crippen LogP contribution in [0.3, 0.4) is 0 Å². The highest BCUT2D eigenvalue weighted by Gasteiger charge is 2.25. The highest BCUT2D eigenvalue weighted by atomic mass is 79.9. The van der Waals surface area contributed by atoms with Crippen LogP contribution in [-0.2, 0) is 0 Å². The molecular formula is C13H21Br2N3S. The number of likely N-dealkylation sites (tertiary alicyclic amines) is 1. The molecule has 0 spiro atoms. The molecule has 1 aliphatic heterocycles. The van der Waals surface area contributed by atoms with Gasteiger partial charge in [-0.25, -0.2) is 0 Å². The Bertz CT molecular complexity index is 405. The molecule has 3 nitrogen and oxygen atoms in total. The van der Waals surface area contributed by atoms with Gasteiger partial charge in [-0.3, -0.25) is 4.90 Å². The molecule has 6 heteroatoms. The molecule has 2 unspecified atom stereocenters. The molecule has 2 N–H and O–H groups in total. The maximum Gasteiger partial charge on any atom is 0.0843 e. The maximum absolute atomic E-state index is 5.99. The van der Waals surface area contributed by atoms with E-state index < -0.39 is 0 Å². The Labute approximate surface area is 136 Å². The fraction of sp³-hybridized carbons (Fsp3) is 0.692. The van der Waals surface area contributed by atoms with E-state index in [1.807, 2.05) is 0 Å². The summed E-state index contributed by atoms with van der Waals surface area (Å²) < 4.78 is 2.27. The van der Waals surface area contributed by atoms with Gasteiger partial charge in [0, 0.05) is 29.0 Å². The van der Waals surface area contributed by atoms with E-state index in [-0.39, 0.29) is 0 Å². The van der Waals surface area contributed by atoms with E-state index in [0.29, 0.717) is 12.6 Å². The molecule has 108 valence electrons. The molecule has 0 aromatic carbocycles. The van der Waals surface area contributed by atoms with Crippen LogP contribution < -0.4 is 5.73 Å². The second kappa shape index (κ2) is 7.00. The topological polar surface area (TPSA) is 32.5 Å². The van der Waals surface area contributed by atoms with Crippen LogP contribution in [0.25, 0.3) is 0 Å². The molecule has 0 saturated carbocycles. The number of likely N-dealkylation sites (N-methyl/N-ethyl adjacent to an activating group) is 1. The second-order valence-electron chi connectivity index (χ2n) is 5.38. The van der Waals surface area contributed by atoms with Crippen LogP contribution in [0.5, 0.6) is 0 Å². The highest BCUT2D eigenvalue weighted by Crippen LogP contribution is 2.37. The van der Waals surface area contributed by atoms with Crippen LogP contribution in [0.2, 0.25) is 0 Å². The van der Waals surface area contributed by atoms with E-state index >= 15 is 0 Å². The van der Waals surface area contributed by atoms with Gasteiger partial charge in [0.25, 0.3) is 0 Å². The third-order valence-corrected chi connectivity index (χ3v) is 7.14. The predicted octanol–water partition coefficient (Wildman–Crippen LogP) is 3.16. The Morgan fingerprint density at radius 3 is 2.79 bits per heavy atom. The van der Waals surface area contributed by atoms with Crippen LogP contribution in [0, 0.1) is 5.92 Å². The normalized spacial score (nSPS) is 22.3. The molecule has 1 aromatic rings. The SMILES string of the molecule is CN1CCC(CN(C)C(CN)c2cc(Br)c(Br)s2)C1. The summed E-state index contributed by atoms with van der Waals surface area (Å²) in [7, 11) is 4.39. The molecular weight excluding hydrogens is 390 g/mol. The average Bonchev–Trinajstić information content (AvgIpc) is 2.88. The number of nitrogens with zero attached hydrogens (tertiary/aromatic N) is 2. The Morgan fingerprint density at radius 1 is 1.58 bits per heavy atom. The number of thiophene rings is 1. The van der Waals surface area contributed by atoms with Gasteiger partial charge < -0.3 is 10.6 Å². The van der Waals surface area contributed by atoms with Crippen LogP contribution in [0.1, 0.15) is 17.3 Å². The Kier molecular flexibility index (Phi) is 5.87. The lowest BCUT2D eigenvalue weighted by Gasteiger charge is -2.28. The summed E-state index contributed by atoms with van der Waals surface area (Å²) in [6, 6.07) is 2.50. The number of rotatable bonds is 5. The van der Waals surface area contributed by atoms with Crippen molar-refractivity contribution in [2.45, 2.75) is 12.5 Å². The summed E-state index contributed by atoms with van der Waals surface area (Å²) in [4.78, 5) is 6.15. The van der Waals surface area contributed by atoms with Crippen molar-refractivity contribution < 1.29 is 0 Å². The minimum atomic E-state index is 0.318. The molecule has 0 bridgehead atoms. The molecule has 1 saturated heterocycles. The van der Waals surface area contributed by atoms with Gasteiger partial charge in [-0.2, -0.15) is 0 Å². The smallest absolute Gasteiger partial charge is 0.0843 e. The van der Waals surface area contributed by atoms with Crippen molar-refractivity contribution in [3.63, 3.8) is 0 Å². The summed E-state index contributed by atoms with van der Waals surface area (Å²) in [6.07, 6.45) is 1.30. The Morgan fingerprint density at radius 2 is 2.32 bits per heavy atom. The van der Waals surface area contributed by atoms with Crippen LogP contribution in [-0.4, -0.2) is 50.1 Å². The summed E-state index contributed by atoms with van der Waals surface area (Å²) in [5.74, 6) is 0.774. The van der Waals surface area contributed by atoms with E-state index in [2.05, 4.69) is 61.8 Å². The first kappa shape index (κ1) is 15.9. The fourth-order valence-electron chi connectivity index (χ4n) is 2.75. The van der Waals surface area contributed by atoms with Gasteiger partial charge in [-0.1, -0.05) is 0 Å². The van der Waals surface area contributed by atoms with E-state index in [1.54, 1.807) is 11.3 Å². The van der Waals surface area contributed by atoms with Crippen molar-refractivity contribution in [1.29, 1.82) is 0 Å².